The number of hydrogen-bond donors (Lipinski definition) is 2. The number of hydrogen-bond acceptors (Lipinski definition) is 4. The van der Waals surface area contributed by atoms with Crippen molar-refractivity contribution in [3.05, 3.63) is 35.1 Å². The first-order chi connectivity index (χ1) is 11.1. The van der Waals surface area contributed by atoms with Crippen LogP contribution in [-0.2, 0) is 0 Å². The molecule has 132 valence electrons. The number of nitrogens with one attached hydrogen (secondary N) is 2. The molecule has 1 saturated heterocycles. The predicted octanol–water partition coefficient (Wildman–Crippen LogP) is 2.50. The van der Waals surface area contributed by atoms with Crippen LogP contribution in [0, 0.1) is 13.8 Å². The minimum atomic E-state index is -0.128. The van der Waals surface area contributed by atoms with Gasteiger partial charge in [0.25, 0.3) is 5.91 Å². The molecule has 0 spiro atoms. The van der Waals surface area contributed by atoms with Crippen LogP contribution in [0.2, 0.25) is 0 Å². The maximum absolute atomic E-state index is 12.2. The number of nitrogens with zero attached hydrogens (tertiary/aromatic N) is 1. The van der Waals surface area contributed by atoms with Crippen molar-refractivity contribution in [1.29, 1.82) is 0 Å². The molecule has 1 aromatic heterocycles. The average Bonchev–Trinajstić information content (AvgIpc) is 2.95. The van der Waals surface area contributed by atoms with Gasteiger partial charge in [-0.05, 0) is 56.1 Å². The Morgan fingerprint density at radius 1 is 1.21 bits per heavy atom. The van der Waals surface area contributed by atoms with Crippen LogP contribution in [0.3, 0.4) is 0 Å². The van der Waals surface area contributed by atoms with Gasteiger partial charge in [-0.3, -0.25) is 4.79 Å². The van der Waals surface area contributed by atoms with Crippen molar-refractivity contribution in [3.8, 4) is 0 Å². The molecule has 1 aromatic carbocycles. The van der Waals surface area contributed by atoms with Gasteiger partial charge in [0.05, 0.1) is 0 Å². The molecule has 0 aliphatic carbocycles. The summed E-state index contributed by atoms with van der Waals surface area (Å²) < 4.78 is 5.68. The number of fused-ring (bicyclic) bond motifs is 1. The molecule has 0 radical (unpaired) electrons. The van der Waals surface area contributed by atoms with E-state index in [0.717, 1.165) is 50.1 Å². The molecule has 24 heavy (non-hydrogen) atoms. The Kier molecular flexibility index (Phi) is 6.66. The van der Waals surface area contributed by atoms with Crippen LogP contribution in [-0.4, -0.2) is 50.1 Å². The molecule has 6 heteroatoms. The van der Waals surface area contributed by atoms with E-state index >= 15 is 0 Å². The van der Waals surface area contributed by atoms with Crippen molar-refractivity contribution in [3.63, 3.8) is 0 Å². The van der Waals surface area contributed by atoms with Gasteiger partial charge < -0.3 is 20.0 Å². The van der Waals surface area contributed by atoms with Gasteiger partial charge in [-0.25, -0.2) is 0 Å². The number of benzene rings is 1. The van der Waals surface area contributed by atoms with Gasteiger partial charge in [0.1, 0.15) is 5.58 Å². The van der Waals surface area contributed by atoms with Crippen molar-refractivity contribution in [2.24, 2.45) is 0 Å². The lowest BCUT2D eigenvalue weighted by Gasteiger charge is -2.26. The van der Waals surface area contributed by atoms with Crippen LogP contribution in [0.1, 0.15) is 28.1 Å². The highest BCUT2D eigenvalue weighted by atomic mass is 35.5. The third-order valence-electron chi connectivity index (χ3n) is 4.50. The van der Waals surface area contributed by atoms with Crippen LogP contribution in [0.4, 0.5) is 0 Å². The maximum Gasteiger partial charge on any atom is 0.287 e. The monoisotopic (exact) mass is 351 g/mol. The Morgan fingerprint density at radius 3 is 2.67 bits per heavy atom. The van der Waals surface area contributed by atoms with Crippen LogP contribution < -0.4 is 10.6 Å². The molecule has 0 saturated carbocycles. The minimum absolute atomic E-state index is 0. The first-order valence-electron chi connectivity index (χ1n) is 8.35. The number of amides is 1. The first-order valence-corrected chi connectivity index (χ1v) is 8.35. The average molecular weight is 352 g/mol. The van der Waals surface area contributed by atoms with Gasteiger partial charge in [-0.1, -0.05) is 0 Å². The fourth-order valence-electron chi connectivity index (χ4n) is 2.94. The maximum atomic E-state index is 12.2. The Balaban J connectivity index is 0.00000208. The van der Waals surface area contributed by atoms with E-state index in [-0.39, 0.29) is 18.3 Å². The summed E-state index contributed by atoms with van der Waals surface area (Å²) >= 11 is 0. The number of aryl methyl sites for hydroxylation is 2. The molecule has 3 rings (SSSR count). The van der Waals surface area contributed by atoms with Crippen LogP contribution >= 0.6 is 12.4 Å². The van der Waals surface area contributed by atoms with E-state index in [1.54, 1.807) is 0 Å². The van der Waals surface area contributed by atoms with Crippen molar-refractivity contribution >= 4 is 29.3 Å². The fourth-order valence-corrected chi connectivity index (χ4v) is 2.94. The second kappa shape index (κ2) is 8.51. The fraction of sp³-hybridized carbons (Fsp3) is 0.500. The number of rotatable bonds is 5. The Bertz CT molecular complexity index is 654. The van der Waals surface area contributed by atoms with Crippen molar-refractivity contribution in [2.45, 2.75) is 20.3 Å². The molecule has 0 unspecified atom stereocenters. The van der Waals surface area contributed by atoms with E-state index in [4.69, 9.17) is 4.42 Å². The summed E-state index contributed by atoms with van der Waals surface area (Å²) in [6.45, 7) is 10.1. The van der Waals surface area contributed by atoms with Crippen molar-refractivity contribution in [2.75, 3.05) is 39.3 Å². The van der Waals surface area contributed by atoms with Crippen LogP contribution in [0.15, 0.2) is 22.6 Å². The molecule has 2 heterocycles. The summed E-state index contributed by atoms with van der Waals surface area (Å²) in [4.78, 5) is 14.6. The Morgan fingerprint density at radius 2 is 1.92 bits per heavy atom. The molecule has 1 amide bonds. The molecule has 2 N–H and O–H groups in total. The summed E-state index contributed by atoms with van der Waals surface area (Å²) in [5, 5.41) is 7.28. The number of furan rings is 1. The normalized spacial score (nSPS) is 15.2. The highest BCUT2D eigenvalue weighted by Crippen LogP contribution is 2.23. The molecular weight excluding hydrogens is 326 g/mol. The standard InChI is InChI=1S/C18H25N3O2.ClH/c1-13-10-15-12-17(23-16(15)11-14(13)2)18(22)20-4-3-7-21-8-5-19-6-9-21;/h10-12,19H,3-9H2,1-2H3,(H,20,22);1H. The van der Waals surface area contributed by atoms with E-state index in [2.05, 4.69) is 28.5 Å². The van der Waals surface area contributed by atoms with Gasteiger partial charge in [-0.15, -0.1) is 12.4 Å². The quantitative estimate of drug-likeness (QED) is 0.813. The summed E-state index contributed by atoms with van der Waals surface area (Å²) in [6.07, 6.45) is 0.962. The molecule has 0 bridgehead atoms. The first kappa shape index (κ1) is 18.8. The number of carbonyl (C=O) groups is 1. The Labute approximate surface area is 149 Å². The predicted molar refractivity (Wildman–Crippen MR) is 99.2 cm³/mol. The number of piperazine rings is 1. The smallest absolute Gasteiger partial charge is 0.287 e. The van der Waals surface area contributed by atoms with Gasteiger partial charge in [0, 0.05) is 38.1 Å². The molecule has 1 fully saturated rings. The zero-order chi connectivity index (χ0) is 16.2. The molecule has 5 nitrogen and oxygen atoms in total. The van der Waals surface area contributed by atoms with Crippen molar-refractivity contribution in [1.82, 2.24) is 15.5 Å². The molecule has 1 aliphatic heterocycles. The highest BCUT2D eigenvalue weighted by Gasteiger charge is 2.13. The summed E-state index contributed by atoms with van der Waals surface area (Å²) in [6, 6.07) is 5.88. The zero-order valence-corrected chi connectivity index (χ0v) is 15.2. The summed E-state index contributed by atoms with van der Waals surface area (Å²) in [7, 11) is 0. The molecule has 1 aliphatic rings. The number of carbonyl (C=O) groups excluding carboxylic acids is 1. The third-order valence-corrected chi connectivity index (χ3v) is 4.50. The minimum Gasteiger partial charge on any atom is -0.451 e. The Hall–Kier alpha value is -1.56. The van der Waals surface area contributed by atoms with E-state index in [1.165, 1.54) is 11.1 Å². The zero-order valence-electron chi connectivity index (χ0n) is 14.4. The van der Waals surface area contributed by atoms with Crippen molar-refractivity contribution < 1.29 is 9.21 Å². The largest absolute Gasteiger partial charge is 0.451 e. The van der Waals surface area contributed by atoms with Crippen LogP contribution in [0.5, 0.6) is 0 Å². The lowest BCUT2D eigenvalue weighted by Crippen LogP contribution is -2.44. The van der Waals surface area contributed by atoms with Crippen LogP contribution in [0.25, 0.3) is 11.0 Å². The number of halogens is 1. The third kappa shape index (κ3) is 4.50. The topological polar surface area (TPSA) is 57.5 Å². The van der Waals surface area contributed by atoms with Gasteiger partial charge in [0.2, 0.25) is 0 Å². The SMILES string of the molecule is Cc1cc2cc(C(=O)NCCCN3CCNCC3)oc2cc1C.Cl. The second-order valence-corrected chi connectivity index (χ2v) is 6.29. The van der Waals surface area contributed by atoms with E-state index in [0.29, 0.717) is 12.3 Å². The molecular formula is C18H26ClN3O2. The van der Waals surface area contributed by atoms with E-state index in [1.807, 2.05) is 19.1 Å². The lowest BCUT2D eigenvalue weighted by atomic mass is 10.1. The van der Waals surface area contributed by atoms with Gasteiger partial charge >= 0.3 is 0 Å². The van der Waals surface area contributed by atoms with E-state index < -0.39 is 0 Å². The lowest BCUT2D eigenvalue weighted by molar-refractivity contribution is 0.0925. The van der Waals surface area contributed by atoms with E-state index in [9.17, 15) is 4.79 Å². The van der Waals surface area contributed by atoms with Gasteiger partial charge in [0.15, 0.2) is 5.76 Å². The second-order valence-electron chi connectivity index (χ2n) is 6.29. The molecule has 0 atom stereocenters. The molecule has 2 aromatic rings. The summed E-state index contributed by atoms with van der Waals surface area (Å²) in [5.74, 6) is 0.268. The highest BCUT2D eigenvalue weighted by molar-refractivity contribution is 5.96. The summed E-state index contributed by atoms with van der Waals surface area (Å²) in [5.41, 5.74) is 3.16. The van der Waals surface area contributed by atoms with Gasteiger partial charge in [-0.2, -0.15) is 0 Å².